The van der Waals surface area contributed by atoms with Crippen LogP contribution in [0.15, 0.2) is 22.9 Å². The number of hydrogen-bond donors (Lipinski definition) is 0. The van der Waals surface area contributed by atoms with Crippen molar-refractivity contribution in [2.24, 2.45) is 0 Å². The highest BCUT2D eigenvalue weighted by Crippen LogP contribution is 2.27. The zero-order chi connectivity index (χ0) is 9.97. The summed E-state index contributed by atoms with van der Waals surface area (Å²) < 4.78 is 0.925. The van der Waals surface area contributed by atoms with Crippen molar-refractivity contribution in [2.45, 2.75) is 18.8 Å². The van der Waals surface area contributed by atoms with Gasteiger partial charge in [0.1, 0.15) is 4.60 Å². The lowest BCUT2D eigenvalue weighted by Gasteiger charge is -2.28. The number of halogens is 1. The van der Waals surface area contributed by atoms with Crippen molar-refractivity contribution < 1.29 is 0 Å². The third kappa shape index (κ3) is 2.34. The zero-order valence-electron chi connectivity index (χ0n) is 8.41. The van der Waals surface area contributed by atoms with Crippen LogP contribution in [0.25, 0.3) is 0 Å². The van der Waals surface area contributed by atoms with Gasteiger partial charge in [-0.3, -0.25) is 0 Å². The molecule has 2 heterocycles. The summed E-state index contributed by atoms with van der Waals surface area (Å²) in [6, 6.07) is 4.22. The van der Waals surface area contributed by atoms with E-state index in [-0.39, 0.29) is 0 Å². The van der Waals surface area contributed by atoms with Crippen molar-refractivity contribution in [3.05, 3.63) is 28.5 Å². The molecule has 14 heavy (non-hydrogen) atoms. The Bertz CT molecular complexity index is 289. The van der Waals surface area contributed by atoms with Crippen LogP contribution in [0.4, 0.5) is 0 Å². The number of piperidine rings is 1. The predicted octanol–water partition coefficient (Wildman–Crippen LogP) is 2.65. The second kappa shape index (κ2) is 4.41. The highest BCUT2D eigenvalue weighted by Gasteiger charge is 2.18. The summed E-state index contributed by atoms with van der Waals surface area (Å²) in [5.74, 6) is 0.715. The van der Waals surface area contributed by atoms with E-state index in [9.17, 15) is 0 Å². The van der Waals surface area contributed by atoms with Crippen LogP contribution in [-0.2, 0) is 0 Å². The van der Waals surface area contributed by atoms with Gasteiger partial charge in [0.25, 0.3) is 0 Å². The van der Waals surface area contributed by atoms with E-state index in [0.29, 0.717) is 5.92 Å². The summed E-state index contributed by atoms with van der Waals surface area (Å²) in [7, 11) is 2.19. The van der Waals surface area contributed by atoms with E-state index in [0.717, 1.165) is 4.60 Å². The van der Waals surface area contributed by atoms with Crippen LogP contribution in [0, 0.1) is 0 Å². The highest BCUT2D eigenvalue weighted by molar-refractivity contribution is 9.10. The lowest BCUT2D eigenvalue weighted by atomic mass is 9.91. The number of pyridine rings is 1. The molecule has 3 heteroatoms. The topological polar surface area (TPSA) is 16.1 Å². The minimum Gasteiger partial charge on any atom is -0.306 e. The van der Waals surface area contributed by atoms with Crippen molar-refractivity contribution in [3.63, 3.8) is 0 Å². The number of likely N-dealkylation sites (tertiary alicyclic amines) is 1. The summed E-state index contributed by atoms with van der Waals surface area (Å²) in [5.41, 5.74) is 1.39. The lowest BCUT2D eigenvalue weighted by Crippen LogP contribution is -2.29. The van der Waals surface area contributed by atoms with Gasteiger partial charge >= 0.3 is 0 Å². The molecule has 0 saturated carbocycles. The molecule has 0 unspecified atom stereocenters. The molecule has 1 aromatic heterocycles. The Morgan fingerprint density at radius 3 is 2.64 bits per heavy atom. The quantitative estimate of drug-likeness (QED) is 0.717. The largest absolute Gasteiger partial charge is 0.306 e. The molecule has 0 radical (unpaired) electrons. The summed E-state index contributed by atoms with van der Waals surface area (Å²) in [4.78, 5) is 6.67. The Morgan fingerprint density at radius 1 is 1.36 bits per heavy atom. The minimum absolute atomic E-state index is 0.715. The normalized spacial score (nSPS) is 19.9. The number of nitrogens with zero attached hydrogens (tertiary/aromatic N) is 2. The minimum atomic E-state index is 0.715. The van der Waals surface area contributed by atoms with E-state index in [4.69, 9.17) is 0 Å². The molecule has 0 N–H and O–H groups in total. The van der Waals surface area contributed by atoms with Gasteiger partial charge in [0, 0.05) is 6.20 Å². The Labute approximate surface area is 93.5 Å². The van der Waals surface area contributed by atoms with E-state index in [1.807, 2.05) is 12.3 Å². The molecule has 0 aliphatic carbocycles. The molecule has 0 atom stereocenters. The maximum absolute atomic E-state index is 4.28. The standard InChI is InChI=1S/C11H15BrN2/c1-14-6-4-9(5-7-14)10-2-3-11(12)13-8-10/h2-3,8-9H,4-7H2,1H3. The molecule has 2 rings (SSSR count). The van der Waals surface area contributed by atoms with Gasteiger partial charge in [-0.1, -0.05) is 6.07 Å². The van der Waals surface area contributed by atoms with Gasteiger partial charge in [-0.25, -0.2) is 4.98 Å². The van der Waals surface area contributed by atoms with Gasteiger partial charge in [-0.05, 0) is 66.5 Å². The number of aromatic nitrogens is 1. The smallest absolute Gasteiger partial charge is 0.106 e. The molecule has 2 nitrogen and oxygen atoms in total. The molecular formula is C11H15BrN2. The molecular weight excluding hydrogens is 240 g/mol. The van der Waals surface area contributed by atoms with Crippen molar-refractivity contribution >= 4 is 15.9 Å². The number of hydrogen-bond acceptors (Lipinski definition) is 2. The maximum atomic E-state index is 4.28. The van der Waals surface area contributed by atoms with Gasteiger partial charge in [-0.2, -0.15) is 0 Å². The second-order valence-electron chi connectivity index (χ2n) is 3.99. The molecule has 1 aliphatic heterocycles. The van der Waals surface area contributed by atoms with Crippen LogP contribution in [0.2, 0.25) is 0 Å². The first-order valence-electron chi connectivity index (χ1n) is 5.05. The van der Waals surface area contributed by atoms with Crippen LogP contribution >= 0.6 is 15.9 Å². The fourth-order valence-corrected chi connectivity index (χ4v) is 2.21. The van der Waals surface area contributed by atoms with Crippen LogP contribution in [-0.4, -0.2) is 30.0 Å². The SMILES string of the molecule is CN1CCC(c2ccc(Br)nc2)CC1. The average Bonchev–Trinajstić information content (AvgIpc) is 2.21. The Morgan fingerprint density at radius 2 is 2.07 bits per heavy atom. The van der Waals surface area contributed by atoms with Crippen LogP contribution < -0.4 is 0 Å². The summed E-state index contributed by atoms with van der Waals surface area (Å²) in [5, 5.41) is 0. The molecule has 1 saturated heterocycles. The summed E-state index contributed by atoms with van der Waals surface area (Å²) >= 11 is 3.36. The Hall–Kier alpha value is -0.410. The Balaban J connectivity index is 2.05. The van der Waals surface area contributed by atoms with Crippen LogP contribution in [0.3, 0.4) is 0 Å². The van der Waals surface area contributed by atoms with Crippen molar-refractivity contribution in [1.29, 1.82) is 0 Å². The second-order valence-corrected chi connectivity index (χ2v) is 4.80. The fraction of sp³-hybridized carbons (Fsp3) is 0.545. The van der Waals surface area contributed by atoms with E-state index < -0.39 is 0 Å². The van der Waals surface area contributed by atoms with Gasteiger partial charge in [0.15, 0.2) is 0 Å². The summed E-state index contributed by atoms with van der Waals surface area (Å²) in [6.45, 7) is 2.42. The maximum Gasteiger partial charge on any atom is 0.106 e. The first-order chi connectivity index (χ1) is 6.75. The Kier molecular flexibility index (Phi) is 3.19. The third-order valence-electron chi connectivity index (χ3n) is 2.94. The first-order valence-corrected chi connectivity index (χ1v) is 5.85. The van der Waals surface area contributed by atoms with Crippen molar-refractivity contribution in [3.8, 4) is 0 Å². The van der Waals surface area contributed by atoms with Gasteiger partial charge in [-0.15, -0.1) is 0 Å². The molecule has 0 spiro atoms. The number of rotatable bonds is 1. The zero-order valence-corrected chi connectivity index (χ0v) is 10.00. The average molecular weight is 255 g/mol. The monoisotopic (exact) mass is 254 g/mol. The molecule has 0 amide bonds. The van der Waals surface area contributed by atoms with Gasteiger partial charge in [0.2, 0.25) is 0 Å². The molecule has 1 aromatic rings. The van der Waals surface area contributed by atoms with E-state index in [1.165, 1.54) is 31.5 Å². The van der Waals surface area contributed by atoms with Crippen molar-refractivity contribution in [2.75, 3.05) is 20.1 Å². The van der Waals surface area contributed by atoms with Gasteiger partial charge < -0.3 is 4.90 Å². The predicted molar refractivity (Wildman–Crippen MR) is 61.4 cm³/mol. The lowest BCUT2D eigenvalue weighted by molar-refractivity contribution is 0.255. The highest BCUT2D eigenvalue weighted by atomic mass is 79.9. The van der Waals surface area contributed by atoms with E-state index >= 15 is 0 Å². The fourth-order valence-electron chi connectivity index (χ4n) is 1.97. The van der Waals surface area contributed by atoms with Gasteiger partial charge in [0.05, 0.1) is 0 Å². The molecule has 76 valence electrons. The van der Waals surface area contributed by atoms with Crippen molar-refractivity contribution in [1.82, 2.24) is 9.88 Å². The first kappa shape index (κ1) is 10.1. The molecule has 1 aliphatic rings. The van der Waals surface area contributed by atoms with E-state index in [1.54, 1.807) is 0 Å². The molecule has 0 bridgehead atoms. The molecule has 0 aromatic carbocycles. The van der Waals surface area contributed by atoms with E-state index in [2.05, 4.69) is 38.9 Å². The summed E-state index contributed by atoms with van der Waals surface area (Å²) in [6.07, 6.45) is 4.53. The third-order valence-corrected chi connectivity index (χ3v) is 3.41. The van der Waals surface area contributed by atoms with Crippen LogP contribution in [0.1, 0.15) is 24.3 Å². The molecule has 1 fully saturated rings. The van der Waals surface area contributed by atoms with Crippen LogP contribution in [0.5, 0.6) is 0 Å².